The van der Waals surface area contributed by atoms with Crippen molar-refractivity contribution < 1.29 is 9.59 Å². The van der Waals surface area contributed by atoms with Gasteiger partial charge in [-0.05, 0) is 30.0 Å². The van der Waals surface area contributed by atoms with Crippen LogP contribution >= 0.6 is 0 Å². The van der Waals surface area contributed by atoms with Crippen LogP contribution in [0.15, 0.2) is 36.5 Å². The summed E-state index contributed by atoms with van der Waals surface area (Å²) in [5, 5.41) is 10.1. The van der Waals surface area contributed by atoms with Crippen molar-refractivity contribution >= 4 is 23.3 Å². The molecule has 0 atom stereocenters. The maximum absolute atomic E-state index is 12.8. The van der Waals surface area contributed by atoms with Gasteiger partial charge in [-0.15, -0.1) is 5.10 Å². The molecule has 0 unspecified atom stereocenters. The van der Waals surface area contributed by atoms with Crippen LogP contribution in [0.3, 0.4) is 0 Å². The lowest BCUT2D eigenvalue weighted by molar-refractivity contribution is 0.0929. The number of hydrogen-bond donors (Lipinski definition) is 3. The predicted octanol–water partition coefficient (Wildman–Crippen LogP) is 0.767. The number of rotatable bonds is 4. The van der Waals surface area contributed by atoms with Crippen LogP contribution in [0.25, 0.3) is 5.65 Å². The zero-order valence-corrected chi connectivity index (χ0v) is 14.2. The topological polar surface area (TPSA) is 114 Å². The monoisotopic (exact) mass is 350 g/mol. The van der Waals surface area contributed by atoms with E-state index in [1.54, 1.807) is 13.1 Å². The number of benzene rings is 1. The third-order valence-corrected chi connectivity index (χ3v) is 4.62. The smallest absolute Gasteiger partial charge is 0.270 e. The Hall–Kier alpha value is -3.42. The molecule has 8 heteroatoms. The van der Waals surface area contributed by atoms with Gasteiger partial charge < -0.3 is 16.4 Å². The molecule has 0 aliphatic heterocycles. The lowest BCUT2D eigenvalue weighted by atomic mass is 10.1. The molecule has 1 aromatic carbocycles. The first-order chi connectivity index (χ1) is 12.6. The number of nitrogens with zero attached hydrogens (tertiary/aromatic N) is 3. The summed E-state index contributed by atoms with van der Waals surface area (Å²) in [4.78, 5) is 28.7. The Morgan fingerprint density at radius 2 is 1.88 bits per heavy atom. The van der Waals surface area contributed by atoms with Gasteiger partial charge in [-0.25, -0.2) is 9.50 Å². The highest BCUT2D eigenvalue weighted by atomic mass is 16.2. The fourth-order valence-corrected chi connectivity index (χ4v) is 3.44. The maximum atomic E-state index is 12.8. The number of nitrogens with one attached hydrogen (secondary N) is 2. The summed E-state index contributed by atoms with van der Waals surface area (Å²) in [6, 6.07) is 9.77. The first kappa shape index (κ1) is 16.1. The summed E-state index contributed by atoms with van der Waals surface area (Å²) < 4.78 is 1.35. The van der Waals surface area contributed by atoms with Crippen LogP contribution in [0.2, 0.25) is 0 Å². The minimum Gasteiger partial charge on any atom is -0.371 e. The van der Waals surface area contributed by atoms with Gasteiger partial charge in [0.15, 0.2) is 11.5 Å². The molecular weight excluding hydrogens is 332 g/mol. The molecule has 26 heavy (non-hydrogen) atoms. The number of anilines is 1. The van der Waals surface area contributed by atoms with Crippen molar-refractivity contribution in [1.29, 1.82) is 0 Å². The Bertz CT molecular complexity index is 1000. The van der Waals surface area contributed by atoms with Crippen LogP contribution in [-0.4, -0.2) is 39.5 Å². The van der Waals surface area contributed by atoms with E-state index in [0.717, 1.165) is 12.8 Å². The number of amides is 2. The molecule has 2 aromatic heterocycles. The van der Waals surface area contributed by atoms with E-state index >= 15 is 0 Å². The van der Waals surface area contributed by atoms with E-state index in [1.807, 2.05) is 12.1 Å². The predicted molar refractivity (Wildman–Crippen MR) is 96.2 cm³/mol. The van der Waals surface area contributed by atoms with Crippen LogP contribution in [0.4, 0.5) is 5.82 Å². The molecule has 0 saturated heterocycles. The highest BCUT2D eigenvalue weighted by Crippen LogP contribution is 2.23. The largest absolute Gasteiger partial charge is 0.371 e. The summed E-state index contributed by atoms with van der Waals surface area (Å²) >= 11 is 0. The summed E-state index contributed by atoms with van der Waals surface area (Å²) in [6.45, 7) is 0. The molecule has 0 saturated carbocycles. The summed E-state index contributed by atoms with van der Waals surface area (Å²) in [7, 11) is 1.63. The van der Waals surface area contributed by atoms with Gasteiger partial charge in [-0.1, -0.05) is 24.3 Å². The molecular formula is C18H18N6O2. The molecule has 1 aliphatic rings. The molecule has 0 radical (unpaired) electrons. The lowest BCUT2D eigenvalue weighted by Gasteiger charge is -2.12. The van der Waals surface area contributed by atoms with Crippen LogP contribution in [0.1, 0.15) is 32.0 Å². The van der Waals surface area contributed by atoms with Gasteiger partial charge in [0, 0.05) is 19.3 Å². The highest BCUT2D eigenvalue weighted by molar-refractivity contribution is 6.04. The highest BCUT2D eigenvalue weighted by Gasteiger charge is 2.25. The fourth-order valence-electron chi connectivity index (χ4n) is 3.44. The number of aromatic nitrogens is 3. The molecule has 0 fully saturated rings. The number of nitrogens with two attached hydrogens (primary N) is 1. The second-order valence-electron chi connectivity index (χ2n) is 6.25. The second kappa shape index (κ2) is 6.14. The number of carbonyl (C=O) groups excluding carboxylic acids is 2. The normalized spacial score (nSPS) is 13.6. The Labute approximate surface area is 149 Å². The molecule has 8 nitrogen and oxygen atoms in total. The quantitative estimate of drug-likeness (QED) is 0.643. The van der Waals surface area contributed by atoms with Crippen molar-refractivity contribution in [2.45, 2.75) is 18.9 Å². The summed E-state index contributed by atoms with van der Waals surface area (Å²) in [5.74, 6) is -0.629. The van der Waals surface area contributed by atoms with E-state index in [-0.39, 0.29) is 23.2 Å². The van der Waals surface area contributed by atoms with Crippen LogP contribution in [0.5, 0.6) is 0 Å². The standard InChI is InChI=1S/C18H18N6O2/c1-20-16-14(15(19)25)17-21-7-6-13(24(17)23-16)18(26)22-12-8-10-4-2-3-5-11(10)9-12/h2-7,12H,8-9H2,1H3,(H2,19,25)(H,20,23)(H,22,26). The molecule has 2 heterocycles. The molecule has 132 valence electrons. The van der Waals surface area contributed by atoms with Crippen molar-refractivity contribution in [2.24, 2.45) is 5.73 Å². The van der Waals surface area contributed by atoms with E-state index < -0.39 is 5.91 Å². The van der Waals surface area contributed by atoms with Gasteiger partial charge in [0.1, 0.15) is 11.3 Å². The van der Waals surface area contributed by atoms with Gasteiger partial charge in [0.25, 0.3) is 11.8 Å². The molecule has 0 spiro atoms. The van der Waals surface area contributed by atoms with Crippen LogP contribution in [0, 0.1) is 0 Å². The SMILES string of the molecule is CNc1nn2c(C(=O)NC3Cc4ccccc4C3)ccnc2c1C(N)=O. The van der Waals surface area contributed by atoms with Crippen LogP contribution < -0.4 is 16.4 Å². The van der Waals surface area contributed by atoms with E-state index in [4.69, 9.17) is 5.73 Å². The van der Waals surface area contributed by atoms with Gasteiger partial charge in [-0.3, -0.25) is 9.59 Å². The number of hydrogen-bond acceptors (Lipinski definition) is 5. The Balaban J connectivity index is 1.65. The Morgan fingerprint density at radius 1 is 1.19 bits per heavy atom. The lowest BCUT2D eigenvalue weighted by Crippen LogP contribution is -2.36. The second-order valence-corrected chi connectivity index (χ2v) is 6.25. The zero-order valence-electron chi connectivity index (χ0n) is 14.2. The Kier molecular flexibility index (Phi) is 3.80. The average molecular weight is 350 g/mol. The fraction of sp³-hybridized carbons (Fsp3) is 0.222. The first-order valence-corrected chi connectivity index (χ1v) is 8.31. The number of fused-ring (bicyclic) bond motifs is 2. The van der Waals surface area contributed by atoms with Gasteiger partial charge >= 0.3 is 0 Å². The van der Waals surface area contributed by atoms with Crippen molar-refractivity contribution in [1.82, 2.24) is 19.9 Å². The van der Waals surface area contributed by atoms with Gasteiger partial charge in [-0.2, -0.15) is 0 Å². The Morgan fingerprint density at radius 3 is 2.50 bits per heavy atom. The van der Waals surface area contributed by atoms with Crippen molar-refractivity contribution in [2.75, 3.05) is 12.4 Å². The summed E-state index contributed by atoms with van der Waals surface area (Å²) in [6.07, 6.45) is 3.06. The molecule has 2 amide bonds. The van der Waals surface area contributed by atoms with Gasteiger partial charge in [0.05, 0.1) is 0 Å². The number of carbonyl (C=O) groups is 2. The van der Waals surface area contributed by atoms with E-state index in [1.165, 1.54) is 21.8 Å². The van der Waals surface area contributed by atoms with Crippen molar-refractivity contribution in [3.8, 4) is 0 Å². The third-order valence-electron chi connectivity index (χ3n) is 4.62. The van der Waals surface area contributed by atoms with Crippen molar-refractivity contribution in [3.63, 3.8) is 0 Å². The molecule has 3 aromatic rings. The zero-order chi connectivity index (χ0) is 18.3. The van der Waals surface area contributed by atoms with Gasteiger partial charge in [0.2, 0.25) is 0 Å². The van der Waals surface area contributed by atoms with E-state index in [9.17, 15) is 9.59 Å². The third kappa shape index (κ3) is 2.55. The first-order valence-electron chi connectivity index (χ1n) is 8.31. The molecule has 4 rings (SSSR count). The minimum atomic E-state index is -0.652. The molecule has 1 aliphatic carbocycles. The van der Waals surface area contributed by atoms with Crippen LogP contribution in [-0.2, 0) is 12.8 Å². The molecule has 0 bridgehead atoms. The average Bonchev–Trinajstić information content (AvgIpc) is 3.21. The number of primary amides is 1. The van der Waals surface area contributed by atoms with Crippen molar-refractivity contribution in [3.05, 3.63) is 58.9 Å². The van der Waals surface area contributed by atoms with E-state index in [0.29, 0.717) is 11.5 Å². The summed E-state index contributed by atoms with van der Waals surface area (Å²) in [5.41, 5.74) is 8.66. The maximum Gasteiger partial charge on any atom is 0.270 e. The minimum absolute atomic E-state index is 0.0260. The van der Waals surface area contributed by atoms with E-state index in [2.05, 4.69) is 32.8 Å². The molecule has 4 N–H and O–H groups in total.